The first-order valence-corrected chi connectivity index (χ1v) is 12.6. The minimum atomic E-state index is -0.0928. The largest absolute Gasteiger partial charge is 0.508 e. The molecule has 0 saturated heterocycles. The molecule has 5 rings (SSSR count). The smallest absolute Gasteiger partial charge is 0.115 e. The molecule has 0 bridgehead atoms. The van der Waals surface area contributed by atoms with Crippen molar-refractivity contribution in [2.75, 3.05) is 0 Å². The van der Waals surface area contributed by atoms with Gasteiger partial charge in [-0.15, -0.1) is 0 Å². The van der Waals surface area contributed by atoms with Crippen LogP contribution in [0.1, 0.15) is 56.3 Å². The number of phenolic OH excluding ortho intramolecular Hbond substituents is 4. The summed E-state index contributed by atoms with van der Waals surface area (Å²) in [5.41, 5.74) is 8.65. The molecule has 0 aliphatic rings. The van der Waals surface area contributed by atoms with Crippen molar-refractivity contribution in [3.05, 3.63) is 154 Å². The molecule has 4 N–H and O–H groups in total. The lowest BCUT2D eigenvalue weighted by atomic mass is 9.78. The molecule has 0 fully saturated rings. The minimum absolute atomic E-state index is 0.0928. The number of benzene rings is 5. The Bertz CT molecular complexity index is 1320. The van der Waals surface area contributed by atoms with Crippen molar-refractivity contribution in [2.24, 2.45) is 0 Å². The van der Waals surface area contributed by atoms with E-state index < -0.39 is 0 Å². The molecule has 0 aromatic heterocycles. The van der Waals surface area contributed by atoms with Gasteiger partial charge in [-0.2, -0.15) is 0 Å². The molecule has 38 heavy (non-hydrogen) atoms. The minimum Gasteiger partial charge on any atom is -0.508 e. The van der Waals surface area contributed by atoms with Crippen LogP contribution in [0.5, 0.6) is 23.0 Å². The van der Waals surface area contributed by atoms with Gasteiger partial charge in [-0.05, 0) is 107 Å². The number of aryl methyl sites for hydroxylation is 2. The third-order valence-electron chi connectivity index (χ3n) is 7.18. The van der Waals surface area contributed by atoms with Gasteiger partial charge < -0.3 is 20.4 Å². The molecule has 0 saturated carbocycles. The van der Waals surface area contributed by atoms with Crippen LogP contribution in [0.25, 0.3) is 0 Å². The van der Waals surface area contributed by atoms with Crippen LogP contribution in [0.2, 0.25) is 0 Å². The van der Waals surface area contributed by atoms with Crippen LogP contribution >= 0.6 is 0 Å². The van der Waals surface area contributed by atoms with Crippen molar-refractivity contribution in [1.29, 1.82) is 0 Å². The van der Waals surface area contributed by atoms with E-state index in [1.165, 1.54) is 0 Å². The molecule has 4 heteroatoms. The summed E-state index contributed by atoms with van der Waals surface area (Å²) in [6.45, 7) is 4.22. The van der Waals surface area contributed by atoms with Gasteiger partial charge in [0.2, 0.25) is 0 Å². The number of phenols is 4. The average Bonchev–Trinajstić information content (AvgIpc) is 2.91. The van der Waals surface area contributed by atoms with E-state index in [1.807, 2.05) is 48.5 Å². The lowest BCUT2D eigenvalue weighted by Gasteiger charge is -2.26. The molecule has 0 amide bonds. The number of hydrogen-bond donors (Lipinski definition) is 4. The molecule has 4 nitrogen and oxygen atoms in total. The van der Waals surface area contributed by atoms with Gasteiger partial charge in [-0.25, -0.2) is 0 Å². The standard InChI is InChI=1S/C34H30O4/c1-21-19-32(34(25-7-15-29(37)16-8-25)26-9-17-30(38)18-10-26)22(2)20-31(21)33(23-3-11-27(35)12-4-23)24-5-13-28(36)14-6-24/h3-20,33-38H,1-2H3. The van der Waals surface area contributed by atoms with Crippen LogP contribution in [-0.4, -0.2) is 20.4 Å². The highest BCUT2D eigenvalue weighted by molar-refractivity contribution is 5.54. The molecule has 0 atom stereocenters. The maximum atomic E-state index is 9.90. The Morgan fingerprint density at radius 2 is 0.579 bits per heavy atom. The van der Waals surface area contributed by atoms with Crippen LogP contribution in [0, 0.1) is 13.8 Å². The quantitative estimate of drug-likeness (QED) is 0.181. The van der Waals surface area contributed by atoms with Crippen LogP contribution in [0.15, 0.2) is 109 Å². The van der Waals surface area contributed by atoms with Gasteiger partial charge in [-0.3, -0.25) is 0 Å². The molecule has 0 heterocycles. The summed E-state index contributed by atoms with van der Waals surface area (Å²) in [6.07, 6.45) is 0. The van der Waals surface area contributed by atoms with E-state index in [0.717, 1.165) is 44.5 Å². The molecule has 190 valence electrons. The zero-order valence-electron chi connectivity index (χ0n) is 21.3. The van der Waals surface area contributed by atoms with Crippen molar-refractivity contribution < 1.29 is 20.4 Å². The van der Waals surface area contributed by atoms with Crippen LogP contribution in [0.4, 0.5) is 0 Å². The van der Waals surface area contributed by atoms with E-state index in [2.05, 4.69) is 26.0 Å². The van der Waals surface area contributed by atoms with Crippen molar-refractivity contribution >= 4 is 0 Å². The van der Waals surface area contributed by atoms with Gasteiger partial charge in [0, 0.05) is 11.8 Å². The lowest BCUT2D eigenvalue weighted by molar-refractivity contribution is 0.474. The van der Waals surface area contributed by atoms with Gasteiger partial charge in [0.15, 0.2) is 0 Å². The number of rotatable bonds is 6. The molecular weight excluding hydrogens is 472 g/mol. The highest BCUT2D eigenvalue weighted by Gasteiger charge is 2.24. The van der Waals surface area contributed by atoms with Crippen LogP contribution < -0.4 is 0 Å². The highest BCUT2D eigenvalue weighted by Crippen LogP contribution is 2.40. The zero-order valence-corrected chi connectivity index (χ0v) is 21.3. The summed E-state index contributed by atoms with van der Waals surface area (Å²) < 4.78 is 0. The van der Waals surface area contributed by atoms with Crippen molar-refractivity contribution in [1.82, 2.24) is 0 Å². The fraction of sp³-hybridized carbons (Fsp3) is 0.118. The highest BCUT2D eigenvalue weighted by atomic mass is 16.3. The Kier molecular flexibility index (Phi) is 6.80. The summed E-state index contributed by atoms with van der Waals surface area (Å²) in [6, 6.07) is 33.5. The Morgan fingerprint density at radius 3 is 0.789 bits per heavy atom. The molecule has 5 aromatic carbocycles. The van der Waals surface area contributed by atoms with E-state index in [9.17, 15) is 20.4 Å². The number of aromatic hydroxyl groups is 4. The Morgan fingerprint density at radius 1 is 0.368 bits per heavy atom. The van der Waals surface area contributed by atoms with Crippen LogP contribution in [0.3, 0.4) is 0 Å². The normalized spacial score (nSPS) is 11.3. The monoisotopic (exact) mass is 502 g/mol. The lowest BCUT2D eigenvalue weighted by Crippen LogP contribution is -2.10. The summed E-state index contributed by atoms with van der Waals surface area (Å²) in [4.78, 5) is 0. The average molecular weight is 503 g/mol. The number of hydrogen-bond acceptors (Lipinski definition) is 4. The summed E-state index contributed by atoms with van der Waals surface area (Å²) in [5.74, 6) is 0.674. The van der Waals surface area contributed by atoms with Crippen molar-refractivity contribution in [3.63, 3.8) is 0 Å². The van der Waals surface area contributed by atoms with E-state index in [1.54, 1.807) is 48.5 Å². The van der Waals surface area contributed by atoms with Crippen molar-refractivity contribution in [3.8, 4) is 23.0 Å². The fourth-order valence-corrected chi connectivity index (χ4v) is 5.25. The first-order valence-electron chi connectivity index (χ1n) is 12.6. The molecule has 0 radical (unpaired) electrons. The van der Waals surface area contributed by atoms with E-state index in [4.69, 9.17) is 0 Å². The first kappa shape index (κ1) is 25.0. The maximum Gasteiger partial charge on any atom is 0.115 e. The second-order valence-electron chi connectivity index (χ2n) is 9.80. The van der Waals surface area contributed by atoms with E-state index in [0.29, 0.717) is 0 Å². The Hall–Kier alpha value is -4.70. The second-order valence-corrected chi connectivity index (χ2v) is 9.80. The van der Waals surface area contributed by atoms with Gasteiger partial charge in [0.25, 0.3) is 0 Å². The predicted molar refractivity (Wildman–Crippen MR) is 150 cm³/mol. The SMILES string of the molecule is Cc1cc(C(c2ccc(O)cc2)c2ccc(O)cc2)c(C)cc1C(c1ccc(O)cc1)c1ccc(O)cc1. The van der Waals surface area contributed by atoms with Gasteiger partial charge >= 0.3 is 0 Å². The maximum absolute atomic E-state index is 9.90. The molecule has 0 aliphatic carbocycles. The van der Waals surface area contributed by atoms with Crippen LogP contribution in [-0.2, 0) is 0 Å². The topological polar surface area (TPSA) is 80.9 Å². The molecule has 5 aromatic rings. The fourth-order valence-electron chi connectivity index (χ4n) is 5.25. The summed E-state index contributed by atoms with van der Waals surface area (Å²) in [5, 5.41) is 39.6. The Balaban J connectivity index is 1.67. The van der Waals surface area contributed by atoms with E-state index >= 15 is 0 Å². The Labute approximate surface area is 222 Å². The molecule has 0 unspecified atom stereocenters. The van der Waals surface area contributed by atoms with Gasteiger partial charge in [0.05, 0.1) is 0 Å². The second kappa shape index (κ2) is 10.3. The van der Waals surface area contributed by atoms with Gasteiger partial charge in [0.1, 0.15) is 23.0 Å². The molecule has 0 spiro atoms. The predicted octanol–water partition coefficient (Wildman–Crippen LogP) is 7.49. The molecule has 0 aliphatic heterocycles. The zero-order chi connectivity index (χ0) is 26.8. The van der Waals surface area contributed by atoms with Gasteiger partial charge in [-0.1, -0.05) is 60.7 Å². The first-order chi connectivity index (χ1) is 18.3. The third-order valence-corrected chi connectivity index (χ3v) is 7.18. The van der Waals surface area contributed by atoms with E-state index in [-0.39, 0.29) is 34.8 Å². The third kappa shape index (κ3) is 5.07. The van der Waals surface area contributed by atoms with Crippen molar-refractivity contribution in [2.45, 2.75) is 25.7 Å². The summed E-state index contributed by atoms with van der Waals surface area (Å²) >= 11 is 0. The molecular formula is C34H30O4. The summed E-state index contributed by atoms with van der Waals surface area (Å²) in [7, 11) is 0.